The van der Waals surface area contributed by atoms with E-state index in [1.54, 1.807) is 6.07 Å². The second-order valence-corrected chi connectivity index (χ2v) is 5.13. The van der Waals surface area contributed by atoms with Crippen LogP contribution in [0.1, 0.15) is 19.4 Å². The molecule has 1 aliphatic rings. The number of rotatable bonds is 2. The minimum atomic E-state index is 0.519. The van der Waals surface area contributed by atoms with Gasteiger partial charge in [-0.2, -0.15) is 5.26 Å². The molecule has 1 aliphatic heterocycles. The highest BCUT2D eigenvalue weighted by Gasteiger charge is 2.23. The topological polar surface area (TPSA) is 30.3 Å². The zero-order chi connectivity index (χ0) is 13.1. The van der Waals surface area contributed by atoms with Crippen molar-refractivity contribution in [2.45, 2.75) is 19.9 Å². The number of halogens is 1. The van der Waals surface area contributed by atoms with Crippen LogP contribution in [0.4, 0.5) is 5.69 Å². The van der Waals surface area contributed by atoms with Crippen LogP contribution in [0, 0.1) is 11.3 Å². The summed E-state index contributed by atoms with van der Waals surface area (Å²) in [6, 6.07) is 8.31. The zero-order valence-electron chi connectivity index (χ0n) is 10.9. The Hall–Kier alpha value is -1.24. The van der Waals surface area contributed by atoms with Crippen LogP contribution >= 0.6 is 11.6 Å². The van der Waals surface area contributed by atoms with Crippen molar-refractivity contribution in [2.75, 3.05) is 31.1 Å². The van der Waals surface area contributed by atoms with Gasteiger partial charge in [0.1, 0.15) is 6.07 Å². The molecule has 0 aliphatic carbocycles. The molecule has 1 atom stereocenters. The van der Waals surface area contributed by atoms with E-state index < -0.39 is 0 Å². The monoisotopic (exact) mass is 263 g/mol. The Morgan fingerprint density at radius 3 is 2.83 bits per heavy atom. The second kappa shape index (κ2) is 5.60. The third-order valence-electron chi connectivity index (χ3n) is 3.59. The Labute approximate surface area is 114 Å². The average molecular weight is 264 g/mol. The summed E-state index contributed by atoms with van der Waals surface area (Å²) in [6.07, 6.45) is 0. The molecule has 0 aromatic heterocycles. The first-order chi connectivity index (χ1) is 8.65. The maximum absolute atomic E-state index is 9.19. The molecule has 18 heavy (non-hydrogen) atoms. The number of likely N-dealkylation sites (N-methyl/N-ethyl adjacent to an activating group) is 1. The van der Waals surface area contributed by atoms with Crippen molar-refractivity contribution in [3.63, 3.8) is 0 Å². The summed E-state index contributed by atoms with van der Waals surface area (Å²) in [6.45, 7) is 8.48. The molecule has 96 valence electrons. The van der Waals surface area contributed by atoms with Crippen molar-refractivity contribution in [1.82, 2.24) is 4.90 Å². The number of anilines is 1. The molecular formula is C14H18ClN3. The Kier molecular flexibility index (Phi) is 4.11. The molecule has 1 saturated heterocycles. The van der Waals surface area contributed by atoms with E-state index >= 15 is 0 Å². The van der Waals surface area contributed by atoms with Crippen molar-refractivity contribution in [3.8, 4) is 6.07 Å². The van der Waals surface area contributed by atoms with Gasteiger partial charge >= 0.3 is 0 Å². The van der Waals surface area contributed by atoms with Crippen LogP contribution in [-0.4, -0.2) is 37.1 Å². The van der Waals surface area contributed by atoms with Gasteiger partial charge in [0.05, 0.1) is 11.3 Å². The van der Waals surface area contributed by atoms with E-state index in [1.165, 1.54) is 0 Å². The summed E-state index contributed by atoms with van der Waals surface area (Å²) >= 11 is 5.93. The van der Waals surface area contributed by atoms with Crippen molar-refractivity contribution in [1.29, 1.82) is 5.26 Å². The van der Waals surface area contributed by atoms with E-state index in [0.29, 0.717) is 16.6 Å². The maximum Gasteiger partial charge on any atom is 0.101 e. The molecule has 1 unspecified atom stereocenters. The van der Waals surface area contributed by atoms with Gasteiger partial charge in [0.15, 0.2) is 0 Å². The lowest BCUT2D eigenvalue weighted by Gasteiger charge is -2.40. The number of nitriles is 1. The lowest BCUT2D eigenvalue weighted by atomic mass is 10.1. The minimum Gasteiger partial charge on any atom is -0.368 e. The van der Waals surface area contributed by atoms with Gasteiger partial charge in [-0.25, -0.2) is 0 Å². The predicted octanol–water partition coefficient (Wildman–Crippen LogP) is 2.74. The fourth-order valence-corrected chi connectivity index (χ4v) is 2.73. The Balaban J connectivity index is 2.21. The van der Waals surface area contributed by atoms with Crippen LogP contribution in [0.2, 0.25) is 5.02 Å². The average Bonchev–Trinajstić information content (AvgIpc) is 2.38. The highest BCUT2D eigenvalue weighted by molar-refractivity contribution is 6.30. The molecule has 2 rings (SSSR count). The van der Waals surface area contributed by atoms with E-state index in [2.05, 4.69) is 29.7 Å². The number of hydrogen-bond donors (Lipinski definition) is 0. The molecule has 0 radical (unpaired) electrons. The normalized spacial score (nSPS) is 20.8. The van der Waals surface area contributed by atoms with Crippen LogP contribution in [-0.2, 0) is 0 Å². The van der Waals surface area contributed by atoms with Gasteiger partial charge in [-0.3, -0.25) is 4.90 Å². The Morgan fingerprint density at radius 2 is 2.22 bits per heavy atom. The first-order valence-corrected chi connectivity index (χ1v) is 6.72. The molecule has 4 heteroatoms. The molecule has 3 nitrogen and oxygen atoms in total. The van der Waals surface area contributed by atoms with Crippen LogP contribution < -0.4 is 4.90 Å². The van der Waals surface area contributed by atoms with E-state index in [-0.39, 0.29) is 0 Å². The fourth-order valence-electron chi connectivity index (χ4n) is 2.56. The van der Waals surface area contributed by atoms with E-state index in [9.17, 15) is 5.26 Å². The molecule has 0 amide bonds. The van der Waals surface area contributed by atoms with Crippen LogP contribution in [0.15, 0.2) is 18.2 Å². The third-order valence-corrected chi connectivity index (χ3v) is 3.83. The first kappa shape index (κ1) is 13.2. The van der Waals surface area contributed by atoms with Crippen molar-refractivity contribution >= 4 is 17.3 Å². The molecule has 1 aromatic carbocycles. The zero-order valence-corrected chi connectivity index (χ0v) is 11.6. The summed E-state index contributed by atoms with van der Waals surface area (Å²) in [4.78, 5) is 4.74. The predicted molar refractivity (Wildman–Crippen MR) is 75.1 cm³/mol. The standard InChI is InChI=1S/C14H18ClN3/c1-3-17-6-7-18(10-11(17)2)14-5-4-13(15)8-12(14)9-16/h4-5,8,11H,3,6-7,10H2,1-2H3. The van der Waals surface area contributed by atoms with Gasteiger partial charge in [0, 0.05) is 30.7 Å². The fraction of sp³-hybridized carbons (Fsp3) is 0.500. The molecule has 0 bridgehead atoms. The lowest BCUT2D eigenvalue weighted by molar-refractivity contribution is 0.199. The maximum atomic E-state index is 9.19. The summed E-state index contributed by atoms with van der Waals surface area (Å²) in [5.74, 6) is 0. The van der Waals surface area contributed by atoms with Crippen LogP contribution in [0.25, 0.3) is 0 Å². The SMILES string of the molecule is CCN1CCN(c2ccc(Cl)cc2C#N)CC1C. The molecule has 0 N–H and O–H groups in total. The Morgan fingerprint density at radius 1 is 1.44 bits per heavy atom. The van der Waals surface area contributed by atoms with Gasteiger partial charge < -0.3 is 4.90 Å². The highest BCUT2D eigenvalue weighted by atomic mass is 35.5. The highest BCUT2D eigenvalue weighted by Crippen LogP contribution is 2.25. The van der Waals surface area contributed by atoms with Crippen molar-refractivity contribution in [2.24, 2.45) is 0 Å². The van der Waals surface area contributed by atoms with Gasteiger partial charge in [0.2, 0.25) is 0 Å². The second-order valence-electron chi connectivity index (χ2n) is 4.70. The van der Waals surface area contributed by atoms with Crippen LogP contribution in [0.5, 0.6) is 0 Å². The molecule has 0 spiro atoms. The number of nitrogens with zero attached hydrogens (tertiary/aromatic N) is 3. The lowest BCUT2D eigenvalue weighted by Crippen LogP contribution is -2.51. The Bertz CT molecular complexity index is 467. The van der Waals surface area contributed by atoms with E-state index in [4.69, 9.17) is 11.6 Å². The van der Waals surface area contributed by atoms with E-state index in [0.717, 1.165) is 31.9 Å². The van der Waals surface area contributed by atoms with Crippen molar-refractivity contribution < 1.29 is 0 Å². The van der Waals surface area contributed by atoms with Crippen LogP contribution in [0.3, 0.4) is 0 Å². The summed E-state index contributed by atoms with van der Waals surface area (Å²) in [5, 5.41) is 9.81. The minimum absolute atomic E-state index is 0.519. The smallest absolute Gasteiger partial charge is 0.101 e. The summed E-state index contributed by atoms with van der Waals surface area (Å²) in [5.41, 5.74) is 1.67. The number of benzene rings is 1. The summed E-state index contributed by atoms with van der Waals surface area (Å²) < 4.78 is 0. The van der Waals surface area contributed by atoms with Gasteiger partial charge in [-0.05, 0) is 31.7 Å². The van der Waals surface area contributed by atoms with Gasteiger partial charge in [-0.15, -0.1) is 0 Å². The molecule has 1 heterocycles. The first-order valence-electron chi connectivity index (χ1n) is 6.34. The quantitative estimate of drug-likeness (QED) is 0.822. The summed E-state index contributed by atoms with van der Waals surface area (Å²) in [7, 11) is 0. The van der Waals surface area contributed by atoms with Gasteiger partial charge in [0.25, 0.3) is 0 Å². The number of piperazine rings is 1. The third kappa shape index (κ3) is 2.60. The number of hydrogen-bond acceptors (Lipinski definition) is 3. The molecular weight excluding hydrogens is 246 g/mol. The molecule has 0 saturated carbocycles. The molecule has 1 aromatic rings. The van der Waals surface area contributed by atoms with Gasteiger partial charge in [-0.1, -0.05) is 18.5 Å². The largest absolute Gasteiger partial charge is 0.368 e. The van der Waals surface area contributed by atoms with Crippen molar-refractivity contribution in [3.05, 3.63) is 28.8 Å². The molecule has 1 fully saturated rings. The van der Waals surface area contributed by atoms with E-state index in [1.807, 2.05) is 12.1 Å².